The molecule has 0 saturated heterocycles. The van der Waals surface area contributed by atoms with Crippen LogP contribution in [0, 0.1) is 0 Å². The molecule has 220 valence electrons. The monoisotopic (exact) mass is 596 g/mol. The number of unbranched alkanes of at least 4 members (excludes halogenated alkanes) is 1. The van der Waals surface area contributed by atoms with Gasteiger partial charge in [0.05, 0.1) is 13.0 Å². The van der Waals surface area contributed by atoms with E-state index in [4.69, 9.17) is 0 Å². The summed E-state index contributed by atoms with van der Waals surface area (Å²) in [4.78, 5) is 11.3. The van der Waals surface area contributed by atoms with Crippen LogP contribution in [0.2, 0.25) is 0 Å². The van der Waals surface area contributed by atoms with Crippen molar-refractivity contribution in [1.82, 2.24) is 0 Å². The average Bonchev–Trinajstić information content (AvgIpc) is 2.70. The largest absolute Gasteiger partial charge is 0.462 e. The normalized spacial score (nSPS) is 15.0. The van der Waals surface area contributed by atoms with Gasteiger partial charge in [0.1, 0.15) is 5.57 Å². The fraction of sp³-hybridized carbons (Fsp3) is 0.812. The molecular weight excluding hydrogens is 585 g/mol. The van der Waals surface area contributed by atoms with Crippen LogP contribution in [0.5, 0.6) is 0 Å². The van der Waals surface area contributed by atoms with Gasteiger partial charge in [0.25, 0.3) is 6.08 Å². The lowest BCUT2D eigenvalue weighted by Gasteiger charge is -2.42. The molecule has 0 aromatic rings. The van der Waals surface area contributed by atoms with Crippen LogP contribution in [-0.2, 0) is 9.53 Å². The predicted molar refractivity (Wildman–Crippen MR) is 80.4 cm³/mol. The number of carbonyl (C=O) groups excluding carboxylic acids is 1. The maximum atomic E-state index is 13.8. The molecule has 0 unspecified atom stereocenters. The van der Waals surface area contributed by atoms with Crippen molar-refractivity contribution in [2.75, 3.05) is 6.61 Å². The zero-order valence-corrected chi connectivity index (χ0v) is 17.3. The van der Waals surface area contributed by atoms with Crippen molar-refractivity contribution >= 4 is 5.97 Å². The fourth-order valence-corrected chi connectivity index (χ4v) is 2.14. The molecule has 0 N–H and O–H groups in total. The molecule has 37 heavy (non-hydrogen) atoms. The molecule has 0 aliphatic carbocycles. The summed E-state index contributed by atoms with van der Waals surface area (Å²) in [5, 5.41) is 0. The number of rotatable bonds is 12. The van der Waals surface area contributed by atoms with Crippen LogP contribution in [-0.4, -0.2) is 60.2 Å². The summed E-state index contributed by atoms with van der Waals surface area (Å²) in [6.45, 7) is 0.498. The van der Waals surface area contributed by atoms with Gasteiger partial charge in [-0.15, -0.1) is 0 Å². The van der Waals surface area contributed by atoms with Gasteiger partial charge < -0.3 is 4.74 Å². The first-order valence-corrected chi connectivity index (χ1v) is 8.95. The lowest BCUT2D eigenvalue weighted by molar-refractivity contribution is -0.461. The molecule has 0 atom stereocenters. The summed E-state index contributed by atoms with van der Waals surface area (Å²) >= 11 is 0. The highest BCUT2D eigenvalue weighted by atomic mass is 19.4. The minimum atomic E-state index is -8.84. The highest BCUT2D eigenvalue weighted by molar-refractivity contribution is 5.88. The lowest BCUT2D eigenvalue weighted by atomic mass is 9.87. The third-order valence-corrected chi connectivity index (χ3v) is 4.39. The minimum absolute atomic E-state index is 0.131. The van der Waals surface area contributed by atoms with Crippen molar-refractivity contribution in [3.8, 4) is 0 Å². The molecule has 0 bridgehead atoms. The van der Waals surface area contributed by atoms with Gasteiger partial charge in [0.2, 0.25) is 0 Å². The van der Waals surface area contributed by atoms with Gasteiger partial charge >= 0.3 is 53.6 Å². The first kappa shape index (κ1) is 34.9. The zero-order chi connectivity index (χ0) is 30.3. The van der Waals surface area contributed by atoms with Gasteiger partial charge in [0.15, 0.2) is 0 Å². The van der Waals surface area contributed by atoms with Crippen LogP contribution >= 0.6 is 0 Å². The Morgan fingerprint density at radius 2 is 0.946 bits per heavy atom. The van der Waals surface area contributed by atoms with Crippen LogP contribution in [0.4, 0.5) is 83.4 Å². The van der Waals surface area contributed by atoms with Gasteiger partial charge in [-0.2, -0.15) is 83.4 Å². The summed E-state index contributed by atoms with van der Waals surface area (Å²) in [7, 11) is 0. The number of hydrogen-bond donors (Lipinski definition) is 0. The maximum absolute atomic E-state index is 13.8. The second-order valence-corrected chi connectivity index (χ2v) is 7.05. The summed E-state index contributed by atoms with van der Waals surface area (Å²) in [6, 6.07) is 0. The number of halogens is 19. The SMILES string of the molecule is CCCCOC(=O)C(CC(F)(F)C(F)(F)C(F)(F)C(F)(F)C(F)(F)C(F)(F)C(F)(F)C(F)(F)F)=C(F)F. The summed E-state index contributed by atoms with van der Waals surface area (Å²) < 4.78 is 253. The third-order valence-electron chi connectivity index (χ3n) is 4.39. The van der Waals surface area contributed by atoms with Crippen molar-refractivity contribution in [2.24, 2.45) is 0 Å². The van der Waals surface area contributed by atoms with Crippen molar-refractivity contribution in [1.29, 1.82) is 0 Å². The van der Waals surface area contributed by atoms with Gasteiger partial charge in [-0.05, 0) is 6.42 Å². The topological polar surface area (TPSA) is 26.3 Å². The van der Waals surface area contributed by atoms with Crippen molar-refractivity contribution < 1.29 is 92.9 Å². The van der Waals surface area contributed by atoms with E-state index in [1.807, 2.05) is 0 Å². The Hall–Kier alpha value is -2.12. The van der Waals surface area contributed by atoms with E-state index in [9.17, 15) is 88.2 Å². The Bertz CT molecular complexity index is 851. The molecule has 21 heteroatoms. The van der Waals surface area contributed by atoms with Gasteiger partial charge in [-0.3, -0.25) is 0 Å². The summed E-state index contributed by atoms with van der Waals surface area (Å²) in [6.07, 6.45) is -15.3. The molecule has 0 amide bonds. The van der Waals surface area contributed by atoms with Crippen LogP contribution in [0.1, 0.15) is 26.2 Å². The molecule has 0 aliphatic heterocycles. The van der Waals surface area contributed by atoms with Crippen LogP contribution in [0.3, 0.4) is 0 Å². The molecular formula is C16H11F19O2. The van der Waals surface area contributed by atoms with Gasteiger partial charge in [-0.1, -0.05) is 13.3 Å². The second kappa shape index (κ2) is 10.2. The fourth-order valence-electron chi connectivity index (χ4n) is 2.14. The molecule has 0 aromatic carbocycles. The Labute approximate surface area is 192 Å². The van der Waals surface area contributed by atoms with Gasteiger partial charge in [0, 0.05) is 0 Å². The zero-order valence-electron chi connectivity index (χ0n) is 17.3. The Balaban J connectivity index is 6.66. The third kappa shape index (κ3) is 5.53. The molecule has 0 radical (unpaired) electrons. The molecule has 0 fully saturated rings. The molecule has 2 nitrogen and oxygen atoms in total. The summed E-state index contributed by atoms with van der Waals surface area (Å²) in [5.74, 6) is -61.3. The van der Waals surface area contributed by atoms with E-state index < -0.39 is 78.3 Å². The van der Waals surface area contributed by atoms with E-state index in [1.54, 1.807) is 0 Å². The van der Waals surface area contributed by atoms with E-state index >= 15 is 0 Å². The molecule has 0 aliphatic rings. The molecule has 0 spiro atoms. The first-order chi connectivity index (χ1) is 16.0. The Morgan fingerprint density at radius 1 is 0.595 bits per heavy atom. The van der Waals surface area contributed by atoms with Crippen LogP contribution in [0.15, 0.2) is 11.7 Å². The number of carbonyl (C=O) groups is 1. The van der Waals surface area contributed by atoms with Crippen LogP contribution < -0.4 is 0 Å². The molecule has 0 saturated carbocycles. The number of ether oxygens (including phenoxy) is 1. The Kier molecular flexibility index (Phi) is 9.63. The Morgan fingerprint density at radius 3 is 1.27 bits per heavy atom. The smallest absolute Gasteiger partial charge is 0.460 e. The molecule has 0 heterocycles. The van der Waals surface area contributed by atoms with Crippen molar-refractivity contribution in [2.45, 2.75) is 73.8 Å². The highest BCUT2D eigenvalue weighted by Gasteiger charge is 2.95. The lowest BCUT2D eigenvalue weighted by Crippen LogP contribution is -2.74. The van der Waals surface area contributed by atoms with E-state index in [1.165, 1.54) is 6.92 Å². The molecule has 0 rings (SSSR count). The standard InChI is InChI=1S/C16H11F19O2/c1-2-3-4-37-8(36)6(7(17)18)5-9(19,20)10(21,22)11(23,24)12(25,26)13(27,28)14(29,30)15(31,32)16(33,34)35/h2-5H2,1H3. The molecule has 0 aromatic heterocycles. The van der Waals surface area contributed by atoms with E-state index in [0.29, 0.717) is 0 Å². The summed E-state index contributed by atoms with van der Waals surface area (Å²) in [5.41, 5.74) is -2.90. The highest BCUT2D eigenvalue weighted by Crippen LogP contribution is 2.64. The van der Waals surface area contributed by atoms with Crippen LogP contribution in [0.25, 0.3) is 0 Å². The van der Waals surface area contributed by atoms with E-state index in [-0.39, 0.29) is 12.8 Å². The first-order valence-electron chi connectivity index (χ1n) is 8.95. The number of hydrogen-bond acceptors (Lipinski definition) is 2. The van der Waals surface area contributed by atoms with Gasteiger partial charge in [-0.25, -0.2) is 4.79 Å². The predicted octanol–water partition coefficient (Wildman–Crippen LogP) is 7.88. The van der Waals surface area contributed by atoms with E-state index in [2.05, 4.69) is 4.74 Å². The average molecular weight is 596 g/mol. The van der Waals surface area contributed by atoms with Crippen molar-refractivity contribution in [3.63, 3.8) is 0 Å². The maximum Gasteiger partial charge on any atom is 0.460 e. The number of alkyl halides is 17. The number of esters is 1. The van der Waals surface area contributed by atoms with E-state index in [0.717, 1.165) is 0 Å². The van der Waals surface area contributed by atoms with Crippen molar-refractivity contribution in [3.05, 3.63) is 11.7 Å². The second-order valence-electron chi connectivity index (χ2n) is 7.05. The minimum Gasteiger partial charge on any atom is -0.462 e. The quantitative estimate of drug-likeness (QED) is 0.0993.